The average Bonchev–Trinajstić information content (AvgIpc) is 2.97. The molecule has 0 aliphatic rings. The van der Waals surface area contributed by atoms with Gasteiger partial charge in [-0.25, -0.2) is 9.67 Å². The lowest BCUT2D eigenvalue weighted by Gasteiger charge is -2.13. The predicted molar refractivity (Wildman–Crippen MR) is 99.0 cm³/mol. The number of para-hydroxylation sites is 1. The Balaban J connectivity index is 1.92. The molecule has 0 atom stereocenters. The number of nitrogens with one attached hydrogen (secondary N) is 1. The molecule has 3 rings (SSSR count). The zero-order chi connectivity index (χ0) is 19.8. The molecular weight excluding hydrogens is 377 g/mol. The number of thioether (sulfide) groups is 1. The van der Waals surface area contributed by atoms with Gasteiger partial charge in [0.1, 0.15) is 0 Å². The van der Waals surface area contributed by atoms with Crippen molar-refractivity contribution in [2.45, 2.75) is 37.2 Å². The molecule has 0 fully saturated rings. The monoisotopic (exact) mass is 394 g/mol. The lowest BCUT2D eigenvalue weighted by Crippen LogP contribution is -2.15. The van der Waals surface area contributed by atoms with Crippen LogP contribution in [0.2, 0.25) is 0 Å². The first kappa shape index (κ1) is 19.2. The lowest BCUT2D eigenvalue weighted by atomic mass is 10.1. The molecule has 142 valence electrons. The van der Waals surface area contributed by atoms with Crippen LogP contribution in [0.15, 0.2) is 41.4 Å². The first-order chi connectivity index (χ1) is 12.7. The van der Waals surface area contributed by atoms with Crippen LogP contribution in [0.4, 0.5) is 18.9 Å². The number of carbonyl (C=O) groups excluding carboxylic acids is 1. The van der Waals surface area contributed by atoms with Gasteiger partial charge >= 0.3 is 5.51 Å². The zero-order valence-corrected chi connectivity index (χ0v) is 15.6. The molecule has 2 aromatic heterocycles. The van der Waals surface area contributed by atoms with E-state index in [2.05, 4.69) is 15.4 Å². The summed E-state index contributed by atoms with van der Waals surface area (Å²) in [4.78, 5) is 17.1. The van der Waals surface area contributed by atoms with E-state index in [4.69, 9.17) is 0 Å². The molecule has 0 bridgehead atoms. The maximum absolute atomic E-state index is 12.7. The van der Waals surface area contributed by atoms with Crippen LogP contribution in [-0.2, 0) is 0 Å². The highest BCUT2D eigenvalue weighted by atomic mass is 32.2. The van der Waals surface area contributed by atoms with Gasteiger partial charge in [-0.15, -0.1) is 0 Å². The molecule has 3 aromatic rings. The minimum absolute atomic E-state index is 0.0716. The quantitative estimate of drug-likeness (QED) is 0.619. The Kier molecular flexibility index (Phi) is 5.14. The zero-order valence-electron chi connectivity index (χ0n) is 14.8. The molecule has 27 heavy (non-hydrogen) atoms. The highest BCUT2D eigenvalue weighted by Crippen LogP contribution is 2.40. The second kappa shape index (κ2) is 7.22. The molecule has 5 nitrogen and oxygen atoms in total. The van der Waals surface area contributed by atoms with Gasteiger partial charge in [-0.3, -0.25) is 4.79 Å². The van der Waals surface area contributed by atoms with Crippen LogP contribution in [0, 0.1) is 6.92 Å². The fourth-order valence-electron chi connectivity index (χ4n) is 2.65. The van der Waals surface area contributed by atoms with Gasteiger partial charge in [0, 0.05) is 16.3 Å². The molecular formula is C18H17F3N4OS. The molecule has 0 aliphatic carbocycles. The van der Waals surface area contributed by atoms with Crippen molar-refractivity contribution in [3.05, 3.63) is 47.8 Å². The molecule has 0 radical (unpaired) electrons. The number of hydrogen-bond donors (Lipinski definition) is 1. The van der Waals surface area contributed by atoms with E-state index in [0.29, 0.717) is 16.7 Å². The largest absolute Gasteiger partial charge is 0.446 e. The van der Waals surface area contributed by atoms with E-state index in [1.54, 1.807) is 29.9 Å². The van der Waals surface area contributed by atoms with E-state index in [0.717, 1.165) is 0 Å². The molecule has 2 heterocycles. The molecule has 0 saturated heterocycles. The molecule has 9 heteroatoms. The number of carbonyl (C=O) groups is 1. The normalized spacial score (nSPS) is 12.0. The minimum Gasteiger partial charge on any atom is -0.321 e. The Morgan fingerprint density at radius 1 is 1.26 bits per heavy atom. The standard InChI is InChI=1S/C18H17F3N4OS/c1-10(2)25-16-12(9-22-25)8-13(11(3)23-16)17(26)24-14-6-4-5-7-15(14)27-18(19,20)21/h4-10H,1-3H3,(H,24,26). The summed E-state index contributed by atoms with van der Waals surface area (Å²) in [6, 6.07) is 7.57. The number of rotatable bonds is 4. The number of nitrogens with zero attached hydrogens (tertiary/aromatic N) is 3. The van der Waals surface area contributed by atoms with Gasteiger partial charge in [-0.05, 0) is 50.7 Å². The minimum atomic E-state index is -4.44. The average molecular weight is 394 g/mol. The molecule has 0 aliphatic heterocycles. The molecule has 0 spiro atoms. The number of halogens is 3. The van der Waals surface area contributed by atoms with E-state index in [9.17, 15) is 18.0 Å². The first-order valence-corrected chi connectivity index (χ1v) is 8.98. The number of hydrogen-bond acceptors (Lipinski definition) is 4. The van der Waals surface area contributed by atoms with Crippen LogP contribution in [0.25, 0.3) is 11.0 Å². The Morgan fingerprint density at radius 2 is 1.96 bits per heavy atom. The Bertz CT molecular complexity index is 998. The van der Waals surface area contributed by atoms with Crippen molar-refractivity contribution in [3.63, 3.8) is 0 Å². The molecule has 0 unspecified atom stereocenters. The van der Waals surface area contributed by atoms with Gasteiger partial charge in [0.05, 0.1) is 23.1 Å². The summed E-state index contributed by atoms with van der Waals surface area (Å²) < 4.78 is 39.9. The Morgan fingerprint density at radius 3 is 2.63 bits per heavy atom. The summed E-state index contributed by atoms with van der Waals surface area (Å²) >= 11 is -0.266. The third-order valence-corrected chi connectivity index (χ3v) is 4.66. The Labute approximate surface area is 158 Å². The molecule has 1 aromatic carbocycles. The predicted octanol–water partition coefficient (Wildman–Crippen LogP) is 5.18. The van der Waals surface area contributed by atoms with Crippen LogP contribution in [0.3, 0.4) is 0 Å². The fourth-order valence-corrected chi connectivity index (χ4v) is 3.27. The number of aromatic nitrogens is 3. The molecule has 1 N–H and O–H groups in total. The van der Waals surface area contributed by atoms with Gasteiger partial charge in [-0.2, -0.15) is 18.3 Å². The van der Waals surface area contributed by atoms with Gasteiger partial charge in [-0.1, -0.05) is 12.1 Å². The van der Waals surface area contributed by atoms with E-state index < -0.39 is 11.4 Å². The van der Waals surface area contributed by atoms with E-state index in [-0.39, 0.29) is 34.0 Å². The van der Waals surface area contributed by atoms with Crippen molar-refractivity contribution in [1.29, 1.82) is 0 Å². The number of aryl methyl sites for hydroxylation is 1. The number of anilines is 1. The third kappa shape index (κ3) is 4.24. The summed E-state index contributed by atoms with van der Waals surface area (Å²) in [5.74, 6) is -0.519. The maximum atomic E-state index is 12.7. The SMILES string of the molecule is Cc1nc2c(cnn2C(C)C)cc1C(=O)Nc1ccccc1SC(F)(F)F. The van der Waals surface area contributed by atoms with Gasteiger partial charge in [0.25, 0.3) is 5.91 Å². The summed E-state index contributed by atoms with van der Waals surface area (Å²) in [7, 11) is 0. The van der Waals surface area contributed by atoms with Crippen molar-refractivity contribution >= 4 is 34.4 Å². The van der Waals surface area contributed by atoms with E-state index in [1.165, 1.54) is 18.2 Å². The third-order valence-electron chi connectivity index (χ3n) is 3.85. The summed E-state index contributed by atoms with van der Waals surface area (Å²) in [6.45, 7) is 5.63. The van der Waals surface area contributed by atoms with Crippen molar-refractivity contribution < 1.29 is 18.0 Å². The fraction of sp³-hybridized carbons (Fsp3) is 0.278. The van der Waals surface area contributed by atoms with E-state index in [1.807, 2.05) is 13.8 Å². The number of pyridine rings is 1. The highest BCUT2D eigenvalue weighted by Gasteiger charge is 2.30. The Hall–Kier alpha value is -2.55. The first-order valence-electron chi connectivity index (χ1n) is 8.16. The van der Waals surface area contributed by atoms with Crippen molar-refractivity contribution in [2.24, 2.45) is 0 Å². The van der Waals surface area contributed by atoms with Crippen molar-refractivity contribution in [2.75, 3.05) is 5.32 Å². The van der Waals surface area contributed by atoms with Crippen molar-refractivity contribution in [1.82, 2.24) is 14.8 Å². The van der Waals surface area contributed by atoms with Crippen molar-refractivity contribution in [3.8, 4) is 0 Å². The van der Waals surface area contributed by atoms with E-state index >= 15 is 0 Å². The maximum Gasteiger partial charge on any atom is 0.446 e. The van der Waals surface area contributed by atoms with Gasteiger partial charge < -0.3 is 5.32 Å². The van der Waals surface area contributed by atoms with Crippen LogP contribution >= 0.6 is 11.8 Å². The number of fused-ring (bicyclic) bond motifs is 1. The number of amides is 1. The summed E-state index contributed by atoms with van der Waals surface area (Å²) in [5, 5.41) is 7.52. The lowest BCUT2D eigenvalue weighted by molar-refractivity contribution is -0.0328. The highest BCUT2D eigenvalue weighted by molar-refractivity contribution is 8.00. The van der Waals surface area contributed by atoms with Crippen LogP contribution in [0.5, 0.6) is 0 Å². The second-order valence-corrected chi connectivity index (χ2v) is 7.32. The van der Waals surface area contributed by atoms with Crippen LogP contribution in [-0.4, -0.2) is 26.2 Å². The number of alkyl halides is 3. The smallest absolute Gasteiger partial charge is 0.321 e. The van der Waals surface area contributed by atoms with Crippen LogP contribution < -0.4 is 5.32 Å². The topological polar surface area (TPSA) is 59.8 Å². The van der Waals surface area contributed by atoms with Crippen LogP contribution in [0.1, 0.15) is 35.9 Å². The molecule has 1 amide bonds. The van der Waals surface area contributed by atoms with Gasteiger partial charge in [0.15, 0.2) is 5.65 Å². The van der Waals surface area contributed by atoms with Gasteiger partial charge in [0.2, 0.25) is 0 Å². The number of benzene rings is 1. The summed E-state index contributed by atoms with van der Waals surface area (Å²) in [5.41, 5.74) is -2.92. The molecule has 0 saturated carbocycles. The summed E-state index contributed by atoms with van der Waals surface area (Å²) in [6.07, 6.45) is 1.62. The second-order valence-electron chi connectivity index (χ2n) is 6.22.